The van der Waals surface area contributed by atoms with Crippen molar-refractivity contribution in [1.82, 2.24) is 0 Å². The Balaban J connectivity index is 1.73. The minimum atomic E-state index is -1.96. The molecule has 8 atom stereocenters. The molecule has 0 radical (unpaired) electrons. The van der Waals surface area contributed by atoms with Gasteiger partial charge in [0, 0.05) is 37.0 Å². The van der Waals surface area contributed by atoms with Crippen molar-refractivity contribution in [2.24, 2.45) is 23.2 Å². The molecule has 1 aliphatic heterocycles. The monoisotopic (exact) mass is 512 g/mol. The number of rotatable bonds is 3. The number of carbonyl (C=O) groups excluding carboxylic acids is 4. The Bertz CT molecular complexity index is 1190. The van der Waals surface area contributed by atoms with E-state index in [0.29, 0.717) is 0 Å². The van der Waals surface area contributed by atoms with E-state index in [1.165, 1.54) is 6.92 Å². The number of benzene rings is 1. The molecule has 9 heteroatoms. The lowest BCUT2D eigenvalue weighted by Gasteiger charge is -2.60. The van der Waals surface area contributed by atoms with Crippen LogP contribution in [0.1, 0.15) is 50.9 Å². The first-order valence-electron chi connectivity index (χ1n) is 12.6. The van der Waals surface area contributed by atoms with E-state index in [1.54, 1.807) is 51.1 Å². The maximum absolute atomic E-state index is 14.2. The number of carbonyl (C=O) groups is 4. The molecular formula is C28H32O9. The second-order valence-electron chi connectivity index (χ2n) is 11.2. The molecule has 9 nitrogen and oxygen atoms in total. The zero-order valence-electron chi connectivity index (χ0n) is 21.3. The van der Waals surface area contributed by atoms with E-state index in [-0.39, 0.29) is 42.1 Å². The van der Waals surface area contributed by atoms with Gasteiger partial charge in [0.25, 0.3) is 0 Å². The van der Waals surface area contributed by atoms with Crippen molar-refractivity contribution in [1.29, 1.82) is 0 Å². The van der Waals surface area contributed by atoms with Gasteiger partial charge in [-0.15, -0.1) is 0 Å². The van der Waals surface area contributed by atoms with E-state index in [9.17, 15) is 29.4 Å². The van der Waals surface area contributed by atoms with Gasteiger partial charge in [0.2, 0.25) is 0 Å². The van der Waals surface area contributed by atoms with Crippen LogP contribution in [0.25, 0.3) is 0 Å². The summed E-state index contributed by atoms with van der Waals surface area (Å²) >= 11 is 0. The van der Waals surface area contributed by atoms with Gasteiger partial charge in [0.05, 0.1) is 30.3 Å². The molecule has 1 aromatic rings. The van der Waals surface area contributed by atoms with E-state index in [2.05, 4.69) is 0 Å². The number of Topliss-reactive ketones (excluding diaryl/α,β-unsaturated/α-hetero) is 2. The molecule has 1 heterocycles. The Labute approximate surface area is 214 Å². The topological polar surface area (TPSA) is 136 Å². The van der Waals surface area contributed by atoms with E-state index in [0.717, 1.165) is 0 Å². The Morgan fingerprint density at radius 3 is 2.38 bits per heavy atom. The Morgan fingerprint density at radius 1 is 1.11 bits per heavy atom. The van der Waals surface area contributed by atoms with Crippen LogP contribution in [0.3, 0.4) is 0 Å². The van der Waals surface area contributed by atoms with E-state index >= 15 is 0 Å². The number of aliphatic hydroxyl groups excluding tert-OH is 1. The molecule has 0 amide bonds. The molecule has 2 saturated carbocycles. The zero-order valence-corrected chi connectivity index (χ0v) is 21.3. The van der Waals surface area contributed by atoms with Crippen molar-refractivity contribution in [3.63, 3.8) is 0 Å². The number of allylic oxidation sites excluding steroid dienone is 1. The SMILES string of the molecule is CC(=O)OC1C(=O)[C@@H]2C(O)CC3OC[C@H]3[C@H]2[C@H](OC(=O)c2ccccc2)[C@]2(O)CC(=O)C(C)=C1C2(C)C. The highest BCUT2D eigenvalue weighted by Crippen LogP contribution is 2.58. The molecule has 37 heavy (non-hydrogen) atoms. The second kappa shape index (κ2) is 8.85. The second-order valence-corrected chi connectivity index (χ2v) is 11.2. The van der Waals surface area contributed by atoms with Crippen molar-refractivity contribution >= 4 is 23.5 Å². The van der Waals surface area contributed by atoms with Crippen LogP contribution in [0.4, 0.5) is 0 Å². The van der Waals surface area contributed by atoms with E-state index in [1.807, 2.05) is 0 Å². The van der Waals surface area contributed by atoms with Gasteiger partial charge in [0.15, 0.2) is 17.7 Å². The lowest BCUT2D eigenvalue weighted by atomic mass is 9.50. The number of ether oxygens (including phenoxy) is 3. The Morgan fingerprint density at radius 2 is 1.78 bits per heavy atom. The van der Waals surface area contributed by atoms with Crippen LogP contribution in [-0.4, -0.2) is 70.3 Å². The van der Waals surface area contributed by atoms with Gasteiger partial charge in [-0.05, 0) is 30.2 Å². The molecule has 0 spiro atoms. The highest BCUT2D eigenvalue weighted by Gasteiger charge is 2.69. The Kier molecular flexibility index (Phi) is 6.16. The smallest absolute Gasteiger partial charge is 0.338 e. The highest BCUT2D eigenvalue weighted by molar-refractivity contribution is 6.02. The summed E-state index contributed by atoms with van der Waals surface area (Å²) in [6.07, 6.45) is -4.54. The molecule has 3 aliphatic carbocycles. The summed E-state index contributed by atoms with van der Waals surface area (Å²) in [5.74, 6) is -4.73. The molecule has 4 aliphatic rings. The minimum Gasteiger partial charge on any atom is -0.455 e. The molecule has 198 valence electrons. The fraction of sp³-hybridized carbons (Fsp3) is 0.571. The fourth-order valence-electron chi connectivity index (χ4n) is 6.93. The standard InChI is InChI=1S/C28H32O9/c1-13-18(31)11-28(34)25(37-26(33)15-8-6-5-7-9-15)20-16-12-35-19(16)10-17(30)21(20)23(32)24(36-14(2)29)22(13)27(28,3)4/h5-9,16-17,19-21,24-25,30,34H,10-12H2,1-4H3/t16-,17?,19?,20-,21-,24?,25+,28-/m1/s1. The van der Waals surface area contributed by atoms with Crippen molar-refractivity contribution < 1.29 is 43.6 Å². The molecule has 1 saturated heterocycles. The van der Waals surface area contributed by atoms with Crippen LogP contribution >= 0.6 is 0 Å². The summed E-state index contributed by atoms with van der Waals surface area (Å²) in [5, 5.41) is 23.6. The molecule has 0 aromatic heterocycles. The lowest BCUT2D eigenvalue weighted by molar-refractivity contribution is -0.254. The van der Waals surface area contributed by atoms with Crippen LogP contribution in [0.5, 0.6) is 0 Å². The van der Waals surface area contributed by atoms with Gasteiger partial charge in [-0.3, -0.25) is 14.4 Å². The molecule has 3 fully saturated rings. The Hall–Kier alpha value is -2.88. The highest BCUT2D eigenvalue weighted by atomic mass is 16.6. The third-order valence-electron chi connectivity index (χ3n) is 8.98. The number of fused-ring (bicyclic) bond motifs is 5. The third-order valence-corrected chi connectivity index (χ3v) is 8.98. The number of ketones is 2. The summed E-state index contributed by atoms with van der Waals surface area (Å²) in [5.41, 5.74) is -2.63. The molecule has 3 unspecified atom stereocenters. The molecular weight excluding hydrogens is 480 g/mol. The van der Waals surface area contributed by atoms with Crippen LogP contribution < -0.4 is 0 Å². The average molecular weight is 513 g/mol. The summed E-state index contributed by atoms with van der Waals surface area (Å²) in [7, 11) is 0. The quantitative estimate of drug-likeness (QED) is 0.581. The summed E-state index contributed by atoms with van der Waals surface area (Å²) in [4.78, 5) is 52.9. The zero-order chi connectivity index (χ0) is 26.9. The molecule has 2 bridgehead atoms. The van der Waals surface area contributed by atoms with E-state index < -0.39 is 70.8 Å². The van der Waals surface area contributed by atoms with Gasteiger partial charge in [-0.1, -0.05) is 32.0 Å². The molecule has 5 rings (SSSR count). The number of esters is 2. The number of hydrogen-bond donors (Lipinski definition) is 2. The minimum absolute atomic E-state index is 0.171. The van der Waals surface area contributed by atoms with Crippen molar-refractivity contribution in [3.8, 4) is 0 Å². The average Bonchev–Trinajstić information content (AvgIpc) is 2.82. The molecule has 1 aromatic carbocycles. The van der Waals surface area contributed by atoms with Crippen molar-refractivity contribution in [2.45, 2.75) is 70.6 Å². The van der Waals surface area contributed by atoms with Gasteiger partial charge >= 0.3 is 11.9 Å². The first-order chi connectivity index (χ1) is 17.4. The molecule has 2 N–H and O–H groups in total. The maximum Gasteiger partial charge on any atom is 0.338 e. The number of hydrogen-bond acceptors (Lipinski definition) is 9. The van der Waals surface area contributed by atoms with Gasteiger partial charge in [0.1, 0.15) is 11.7 Å². The summed E-state index contributed by atoms with van der Waals surface area (Å²) < 4.78 is 17.3. The predicted octanol–water partition coefficient (Wildman–Crippen LogP) is 1.78. The lowest BCUT2D eigenvalue weighted by Crippen LogP contribution is -2.71. The van der Waals surface area contributed by atoms with Crippen LogP contribution in [0.2, 0.25) is 0 Å². The van der Waals surface area contributed by atoms with E-state index in [4.69, 9.17) is 14.2 Å². The normalized spacial score (nSPS) is 38.4. The van der Waals surface area contributed by atoms with Crippen LogP contribution in [0, 0.1) is 23.2 Å². The van der Waals surface area contributed by atoms with Gasteiger partial charge in [-0.2, -0.15) is 0 Å². The first kappa shape index (κ1) is 25.8. The number of aliphatic hydroxyl groups is 2. The fourth-order valence-corrected chi connectivity index (χ4v) is 6.93. The van der Waals surface area contributed by atoms with Crippen LogP contribution in [0.15, 0.2) is 41.5 Å². The predicted molar refractivity (Wildman–Crippen MR) is 128 cm³/mol. The first-order valence-corrected chi connectivity index (χ1v) is 12.6. The van der Waals surface area contributed by atoms with Crippen LogP contribution in [-0.2, 0) is 28.6 Å². The van der Waals surface area contributed by atoms with Gasteiger partial charge < -0.3 is 24.4 Å². The summed E-state index contributed by atoms with van der Waals surface area (Å²) in [6, 6.07) is 8.26. The largest absolute Gasteiger partial charge is 0.455 e. The van der Waals surface area contributed by atoms with Gasteiger partial charge in [-0.25, -0.2) is 4.79 Å². The van der Waals surface area contributed by atoms with Crippen molar-refractivity contribution in [2.75, 3.05) is 6.61 Å². The summed E-state index contributed by atoms with van der Waals surface area (Å²) in [6.45, 7) is 6.29. The third kappa shape index (κ3) is 3.78. The maximum atomic E-state index is 14.2. The van der Waals surface area contributed by atoms with Crippen molar-refractivity contribution in [3.05, 3.63) is 47.0 Å².